The number of esters is 4. The van der Waals surface area contributed by atoms with Crippen LogP contribution in [0, 0.1) is 10.8 Å². The Morgan fingerprint density at radius 3 is 0.919 bits per heavy atom. The van der Waals surface area contributed by atoms with Crippen LogP contribution < -0.4 is 0 Å². The monoisotopic (exact) mass is 606 g/mol. The maximum Gasteiger partial charge on any atom is 0.306 e. The minimum atomic E-state index is -1.33. The fourth-order valence-electron chi connectivity index (χ4n) is 2.60. The van der Waals surface area contributed by atoms with Crippen LogP contribution in [0.4, 0.5) is 0 Å². The van der Waals surface area contributed by atoms with Gasteiger partial charge in [0.05, 0.1) is 62.9 Å². The van der Waals surface area contributed by atoms with E-state index in [4.69, 9.17) is 23.7 Å². The molecule has 15 heteroatoms. The second-order valence-corrected chi connectivity index (χ2v) is 10.1. The number of hydrogen-bond acceptors (Lipinski definition) is 15. The Balaban J connectivity index is 5.55. The molecule has 0 rings (SSSR count). The molecule has 0 spiro atoms. The average Bonchev–Trinajstić information content (AvgIpc) is 2.87. The van der Waals surface area contributed by atoms with Crippen molar-refractivity contribution in [1.29, 1.82) is 0 Å². The predicted octanol–water partition coefficient (Wildman–Crippen LogP) is 0.413. The Bertz CT molecular complexity index is 594. The Hall–Kier alpha value is -0.840. The summed E-state index contributed by atoms with van der Waals surface area (Å²) in [6, 6.07) is 0. The molecule has 0 heterocycles. The fourth-order valence-corrected chi connectivity index (χ4v) is 3.33. The smallest absolute Gasteiger partial charge is 0.306 e. The fraction of sp³-hybridized carbons (Fsp3) is 0.818. The van der Waals surface area contributed by atoms with Crippen molar-refractivity contribution in [3.8, 4) is 0 Å². The molecule has 0 saturated heterocycles. The normalized spacial score (nSPS) is 11.6. The first-order chi connectivity index (χ1) is 17.6. The number of carbonyl (C=O) groups is 4. The Morgan fingerprint density at radius 1 is 0.486 bits per heavy atom. The van der Waals surface area contributed by atoms with Crippen LogP contribution in [0.3, 0.4) is 0 Å². The minimum Gasteiger partial charge on any atom is -0.465 e. The van der Waals surface area contributed by atoms with Crippen LogP contribution in [0.15, 0.2) is 0 Å². The molecule has 0 aliphatic heterocycles. The summed E-state index contributed by atoms with van der Waals surface area (Å²) in [4.78, 5) is 47.5. The van der Waals surface area contributed by atoms with Gasteiger partial charge in [-0.2, -0.15) is 50.5 Å². The number of hydrogen-bond donors (Lipinski definition) is 6. The third-order valence-electron chi connectivity index (χ3n) is 4.91. The van der Waals surface area contributed by atoms with Crippen LogP contribution in [-0.2, 0) is 42.9 Å². The van der Waals surface area contributed by atoms with E-state index in [1.807, 2.05) is 0 Å². The second-order valence-electron chi connectivity index (χ2n) is 8.35. The molecule has 0 aliphatic carbocycles. The van der Waals surface area contributed by atoms with Gasteiger partial charge in [0.15, 0.2) is 0 Å². The molecule has 216 valence electrons. The van der Waals surface area contributed by atoms with Crippen LogP contribution in [0.2, 0.25) is 0 Å². The van der Waals surface area contributed by atoms with Crippen molar-refractivity contribution in [2.24, 2.45) is 10.8 Å². The summed E-state index contributed by atoms with van der Waals surface area (Å²) in [5, 5.41) is 20.2. The molecule has 0 aromatic carbocycles. The zero-order valence-electron chi connectivity index (χ0n) is 20.7. The van der Waals surface area contributed by atoms with Gasteiger partial charge in [-0.1, -0.05) is 0 Å². The highest BCUT2D eigenvalue weighted by molar-refractivity contribution is 7.80. The number of rotatable bonds is 22. The first kappa shape index (κ1) is 36.2. The van der Waals surface area contributed by atoms with Gasteiger partial charge in [0, 0.05) is 23.0 Å². The molecular formula is C22H38O11S4. The summed E-state index contributed by atoms with van der Waals surface area (Å²) in [7, 11) is 0. The second kappa shape index (κ2) is 21.0. The zero-order chi connectivity index (χ0) is 28.2. The molecule has 0 radical (unpaired) electrons. The molecule has 0 saturated carbocycles. The molecule has 0 unspecified atom stereocenters. The highest BCUT2D eigenvalue weighted by Crippen LogP contribution is 2.24. The average molecular weight is 607 g/mol. The van der Waals surface area contributed by atoms with Crippen molar-refractivity contribution in [3.63, 3.8) is 0 Å². The van der Waals surface area contributed by atoms with Crippen molar-refractivity contribution in [2.45, 2.75) is 25.7 Å². The number of aliphatic hydroxyl groups excluding tert-OH is 2. The van der Waals surface area contributed by atoms with E-state index in [9.17, 15) is 29.4 Å². The highest BCUT2D eigenvalue weighted by atomic mass is 32.1. The van der Waals surface area contributed by atoms with E-state index >= 15 is 0 Å². The van der Waals surface area contributed by atoms with Crippen molar-refractivity contribution in [1.82, 2.24) is 0 Å². The maximum absolute atomic E-state index is 11.9. The summed E-state index contributed by atoms with van der Waals surface area (Å²) < 4.78 is 26.6. The van der Waals surface area contributed by atoms with Crippen LogP contribution in [0.25, 0.3) is 0 Å². The quantitative estimate of drug-likeness (QED) is 0.0577. The van der Waals surface area contributed by atoms with Crippen molar-refractivity contribution < 1.29 is 53.1 Å². The number of ether oxygens (including phenoxy) is 5. The summed E-state index contributed by atoms with van der Waals surface area (Å²) in [6.45, 7) is -3.01. The lowest BCUT2D eigenvalue weighted by Gasteiger charge is -2.34. The third-order valence-corrected chi connectivity index (χ3v) is 5.80. The number of thiol groups is 4. The van der Waals surface area contributed by atoms with E-state index < -0.39 is 47.9 Å². The van der Waals surface area contributed by atoms with Gasteiger partial charge in [-0.15, -0.1) is 0 Å². The van der Waals surface area contributed by atoms with E-state index in [1.54, 1.807) is 0 Å². The van der Waals surface area contributed by atoms with Crippen molar-refractivity contribution in [3.05, 3.63) is 0 Å². The molecule has 11 nitrogen and oxygen atoms in total. The van der Waals surface area contributed by atoms with Crippen LogP contribution >= 0.6 is 50.5 Å². The highest BCUT2D eigenvalue weighted by Gasteiger charge is 2.38. The van der Waals surface area contributed by atoms with Gasteiger partial charge in [-0.25, -0.2) is 0 Å². The van der Waals surface area contributed by atoms with Crippen molar-refractivity contribution in [2.75, 3.05) is 75.9 Å². The molecule has 0 amide bonds. The zero-order valence-corrected chi connectivity index (χ0v) is 24.2. The van der Waals surface area contributed by atoms with E-state index in [1.165, 1.54) is 0 Å². The molecule has 0 fully saturated rings. The Labute approximate surface area is 239 Å². The Morgan fingerprint density at radius 2 is 0.730 bits per heavy atom. The largest absolute Gasteiger partial charge is 0.465 e. The van der Waals surface area contributed by atoms with Crippen LogP contribution in [0.1, 0.15) is 25.7 Å². The third kappa shape index (κ3) is 16.0. The molecule has 0 aliphatic rings. The number of aliphatic hydroxyl groups is 2. The molecule has 0 atom stereocenters. The molecule has 0 aromatic heterocycles. The van der Waals surface area contributed by atoms with Gasteiger partial charge in [-0.3, -0.25) is 19.2 Å². The standard InChI is InChI=1S/C22H38O11S4/c23-9-21(13-30-17(25)1-5-34,14-31-18(26)2-6-35)11-29-12-22(10-24,15-32-19(27)3-7-36)16-33-20(28)4-8-37/h23-24,34-37H,1-16H2. The van der Waals surface area contributed by atoms with Gasteiger partial charge < -0.3 is 33.9 Å². The summed E-state index contributed by atoms with van der Waals surface area (Å²) >= 11 is 15.9. The minimum absolute atomic E-state index is 0.0356. The topological polar surface area (TPSA) is 155 Å². The lowest BCUT2D eigenvalue weighted by molar-refractivity contribution is -0.167. The Kier molecular flexibility index (Phi) is 20.6. The molecule has 0 bridgehead atoms. The van der Waals surface area contributed by atoms with Gasteiger partial charge in [0.1, 0.15) is 26.4 Å². The summed E-state index contributed by atoms with van der Waals surface area (Å²) in [5.74, 6) is -1.22. The summed E-state index contributed by atoms with van der Waals surface area (Å²) in [5.41, 5.74) is -2.66. The van der Waals surface area contributed by atoms with Gasteiger partial charge in [-0.05, 0) is 0 Å². The van der Waals surface area contributed by atoms with Gasteiger partial charge >= 0.3 is 23.9 Å². The SMILES string of the molecule is O=C(CCS)OCC(CO)(COCC(CO)(COC(=O)CCS)COC(=O)CCS)COC(=O)CCS. The van der Waals surface area contributed by atoms with Crippen LogP contribution in [-0.4, -0.2) is 110 Å². The molecule has 0 aromatic rings. The predicted molar refractivity (Wildman–Crippen MR) is 148 cm³/mol. The van der Waals surface area contributed by atoms with E-state index in [0.717, 1.165) is 0 Å². The van der Waals surface area contributed by atoms with Gasteiger partial charge in [0.25, 0.3) is 0 Å². The lowest BCUT2D eigenvalue weighted by Crippen LogP contribution is -2.46. The van der Waals surface area contributed by atoms with Gasteiger partial charge in [0.2, 0.25) is 0 Å². The molecule has 2 N–H and O–H groups in total. The molecular weight excluding hydrogens is 568 g/mol. The van der Waals surface area contributed by atoms with Crippen molar-refractivity contribution >= 4 is 74.4 Å². The van der Waals surface area contributed by atoms with E-state index in [2.05, 4.69) is 50.5 Å². The van der Waals surface area contributed by atoms with E-state index in [0.29, 0.717) is 0 Å². The lowest BCUT2D eigenvalue weighted by atomic mass is 9.90. The van der Waals surface area contributed by atoms with E-state index in [-0.39, 0.29) is 88.3 Å². The first-order valence-electron chi connectivity index (χ1n) is 11.5. The molecule has 37 heavy (non-hydrogen) atoms. The summed E-state index contributed by atoms with van der Waals surface area (Å²) in [6.07, 6.45) is 0.142. The first-order valence-corrected chi connectivity index (χ1v) is 14.0. The number of carbonyl (C=O) groups excluding carboxylic acids is 4. The van der Waals surface area contributed by atoms with Crippen LogP contribution in [0.5, 0.6) is 0 Å². The maximum atomic E-state index is 11.9.